The highest BCUT2D eigenvalue weighted by atomic mass is 31.2. The topological polar surface area (TPSA) is 119 Å². The summed E-state index contributed by atoms with van der Waals surface area (Å²) in [5.41, 5.74) is 0. The van der Waals surface area contributed by atoms with Crippen molar-refractivity contribution >= 4 is 15.7 Å². The van der Waals surface area contributed by atoms with Gasteiger partial charge in [0, 0.05) is 5.94 Å². The summed E-state index contributed by atoms with van der Waals surface area (Å²) < 4.78 is 15.0. The van der Waals surface area contributed by atoms with Gasteiger partial charge < -0.3 is 25.3 Å². The molecule has 0 bridgehead atoms. The van der Waals surface area contributed by atoms with Crippen LogP contribution in [0, 0.1) is 0 Å². The molecule has 1 fully saturated rings. The van der Waals surface area contributed by atoms with Crippen molar-refractivity contribution in [3.63, 3.8) is 0 Å². The zero-order chi connectivity index (χ0) is 11.8. The minimum atomic E-state index is -4.57. The molecule has 9 heteroatoms. The van der Waals surface area contributed by atoms with Crippen LogP contribution >= 0.6 is 7.82 Å². The van der Waals surface area contributed by atoms with Crippen LogP contribution in [0.3, 0.4) is 0 Å². The quantitative estimate of drug-likeness (QED) is 0.265. The van der Waals surface area contributed by atoms with Gasteiger partial charge in [-0.15, -0.1) is 0 Å². The van der Waals surface area contributed by atoms with E-state index >= 15 is 0 Å². The van der Waals surface area contributed by atoms with Crippen molar-refractivity contribution in [2.24, 2.45) is 0 Å². The van der Waals surface area contributed by atoms with Crippen molar-refractivity contribution < 1.29 is 29.1 Å². The molecule has 1 unspecified atom stereocenters. The fourth-order valence-corrected chi connectivity index (χ4v) is 2.27. The normalized spacial score (nSPS) is 39.3. The zero-order valence-electron chi connectivity index (χ0n) is 8.44. The lowest BCUT2D eigenvalue weighted by Gasteiger charge is -2.23. The van der Waals surface area contributed by atoms with Gasteiger partial charge in [0.2, 0.25) is 0 Å². The van der Waals surface area contributed by atoms with E-state index in [0.29, 0.717) is 0 Å². The molecule has 0 aliphatic carbocycles. The Kier molecular flexibility index (Phi) is 3.94. The lowest BCUT2D eigenvalue weighted by Crippen LogP contribution is -2.43. The van der Waals surface area contributed by atoms with E-state index in [0.717, 1.165) is 0 Å². The van der Waals surface area contributed by atoms with Crippen LogP contribution in [-0.4, -0.2) is 58.1 Å². The van der Waals surface area contributed by atoms with E-state index in [-0.39, 0.29) is 5.94 Å². The molecule has 1 aliphatic heterocycles. The van der Waals surface area contributed by atoms with Gasteiger partial charge in [-0.25, -0.2) is 4.57 Å². The van der Waals surface area contributed by atoms with E-state index in [1.807, 2.05) is 0 Å². The van der Waals surface area contributed by atoms with Gasteiger partial charge in [0.15, 0.2) is 0 Å². The van der Waals surface area contributed by atoms with Gasteiger partial charge in [0.25, 0.3) is 0 Å². The summed E-state index contributed by atoms with van der Waals surface area (Å²) in [6.45, 7) is 1.42. The number of hydrogen-bond donors (Lipinski definition) is 5. The predicted molar refractivity (Wildman–Crippen MR) is 53.9 cm³/mol. The average molecular weight is 239 g/mol. The lowest BCUT2D eigenvalue weighted by molar-refractivity contribution is 0.00895. The minimum Gasteiger partial charge on any atom is -0.390 e. The maximum atomic E-state index is 10.6. The Bertz CT molecular complexity index is 272. The van der Waals surface area contributed by atoms with Crippen LogP contribution in [-0.2, 0) is 9.09 Å². The van der Waals surface area contributed by atoms with Crippen LogP contribution < -0.4 is 5.32 Å². The predicted octanol–water partition coefficient (Wildman–Crippen LogP) is -2.86. The van der Waals surface area contributed by atoms with Gasteiger partial charge in [-0.3, -0.25) is 4.52 Å². The average Bonchev–Trinajstić information content (AvgIpc) is 2.30. The van der Waals surface area contributed by atoms with Gasteiger partial charge in [-0.1, -0.05) is 0 Å². The summed E-state index contributed by atoms with van der Waals surface area (Å²) in [6, 6.07) is -0.692. The third kappa shape index (κ3) is 3.25. The molecule has 1 saturated heterocycles. The SMILES string of the molecule is B[C@@H]1N[C@H](C(C)OP(=O)(O)O)[C@@H](O)[C@H]1O. The first-order valence-electron chi connectivity index (χ1n) is 4.58. The number of hydrogen-bond acceptors (Lipinski definition) is 5. The van der Waals surface area contributed by atoms with E-state index in [4.69, 9.17) is 9.79 Å². The number of nitrogens with one attached hydrogen (secondary N) is 1. The Morgan fingerprint density at radius 1 is 1.40 bits per heavy atom. The van der Waals surface area contributed by atoms with Crippen LogP contribution in [0.25, 0.3) is 0 Å². The summed E-state index contributed by atoms with van der Waals surface area (Å²) in [4.78, 5) is 17.2. The van der Waals surface area contributed by atoms with E-state index in [2.05, 4.69) is 9.84 Å². The lowest BCUT2D eigenvalue weighted by atomic mass is 9.91. The van der Waals surface area contributed by atoms with Crippen LogP contribution in [0.4, 0.5) is 0 Å². The van der Waals surface area contributed by atoms with Crippen molar-refractivity contribution in [3.8, 4) is 0 Å². The molecule has 0 amide bonds. The number of rotatable bonds is 3. The first kappa shape index (κ1) is 13.1. The molecular weight excluding hydrogens is 224 g/mol. The summed E-state index contributed by atoms with van der Waals surface area (Å²) in [6.07, 6.45) is -2.94. The third-order valence-electron chi connectivity index (χ3n) is 2.49. The summed E-state index contributed by atoms with van der Waals surface area (Å²) >= 11 is 0. The maximum Gasteiger partial charge on any atom is 0.469 e. The largest absolute Gasteiger partial charge is 0.469 e. The van der Waals surface area contributed by atoms with Gasteiger partial charge >= 0.3 is 7.82 Å². The summed E-state index contributed by atoms with van der Waals surface area (Å²) in [5, 5.41) is 21.8. The molecule has 15 heavy (non-hydrogen) atoms. The summed E-state index contributed by atoms with van der Waals surface area (Å²) in [7, 11) is -2.91. The monoisotopic (exact) mass is 239 g/mol. The van der Waals surface area contributed by atoms with Crippen molar-refractivity contribution in [3.05, 3.63) is 0 Å². The minimum absolute atomic E-state index is 0.340. The molecule has 0 radical (unpaired) electrons. The highest BCUT2D eigenvalue weighted by Crippen LogP contribution is 2.39. The Morgan fingerprint density at radius 2 is 1.93 bits per heavy atom. The molecule has 5 N–H and O–H groups in total. The van der Waals surface area contributed by atoms with E-state index in [9.17, 15) is 14.8 Å². The molecule has 0 saturated carbocycles. The third-order valence-corrected chi connectivity index (χ3v) is 3.10. The fourth-order valence-electron chi connectivity index (χ4n) is 1.70. The number of phosphoric ester groups is 1. The molecular formula is C6H15BNO6P. The molecule has 0 aromatic heterocycles. The Labute approximate surface area is 88.1 Å². The highest BCUT2D eigenvalue weighted by molar-refractivity contribution is 7.46. The molecule has 0 aromatic carbocycles. The second-order valence-corrected chi connectivity index (χ2v) is 4.96. The van der Waals surface area contributed by atoms with Gasteiger partial charge in [-0.2, -0.15) is 0 Å². The van der Waals surface area contributed by atoms with E-state index in [1.54, 1.807) is 7.85 Å². The van der Waals surface area contributed by atoms with Crippen molar-refractivity contribution in [1.82, 2.24) is 5.32 Å². The van der Waals surface area contributed by atoms with Crippen molar-refractivity contribution in [2.45, 2.75) is 37.2 Å². The molecule has 1 heterocycles. The van der Waals surface area contributed by atoms with E-state index in [1.165, 1.54) is 6.92 Å². The fraction of sp³-hybridized carbons (Fsp3) is 1.00. The van der Waals surface area contributed by atoms with Gasteiger partial charge in [0.1, 0.15) is 7.85 Å². The number of aliphatic hydroxyl groups is 2. The van der Waals surface area contributed by atoms with Crippen LogP contribution in [0.1, 0.15) is 6.92 Å². The molecule has 0 aromatic rings. The smallest absolute Gasteiger partial charge is 0.390 e. The van der Waals surface area contributed by atoms with E-state index < -0.39 is 32.2 Å². The van der Waals surface area contributed by atoms with Gasteiger partial charge in [0.05, 0.1) is 24.4 Å². The molecule has 0 spiro atoms. The second kappa shape index (κ2) is 4.51. The van der Waals surface area contributed by atoms with Crippen molar-refractivity contribution in [2.75, 3.05) is 0 Å². The van der Waals surface area contributed by atoms with Crippen LogP contribution in [0.15, 0.2) is 0 Å². The first-order valence-corrected chi connectivity index (χ1v) is 6.11. The molecule has 5 atom stereocenters. The standard InChI is InChI=1S/C6H15BNO6P/c1-2(14-15(11,12)13)3-4(9)5(10)6(7)8-3/h2-6,8-10H,7H2,1H3,(H2,11,12,13)/t2?,3-,4-,5-,6-/m1/s1. The number of aliphatic hydroxyl groups excluding tert-OH is 2. The molecule has 88 valence electrons. The van der Waals surface area contributed by atoms with Crippen LogP contribution in [0.5, 0.6) is 0 Å². The van der Waals surface area contributed by atoms with Crippen LogP contribution in [0.2, 0.25) is 0 Å². The highest BCUT2D eigenvalue weighted by Gasteiger charge is 2.42. The maximum absolute atomic E-state index is 10.6. The second-order valence-electron chi connectivity index (χ2n) is 3.76. The molecule has 7 nitrogen and oxygen atoms in total. The Morgan fingerprint density at radius 3 is 2.27 bits per heavy atom. The zero-order valence-corrected chi connectivity index (χ0v) is 9.33. The first-order chi connectivity index (χ1) is 6.72. The molecule has 1 aliphatic rings. The van der Waals surface area contributed by atoms with Gasteiger partial charge in [-0.05, 0) is 6.92 Å². The number of phosphoric acid groups is 1. The molecule has 1 rings (SSSR count). The van der Waals surface area contributed by atoms with Crippen molar-refractivity contribution in [1.29, 1.82) is 0 Å². The Hall–Kier alpha value is 0.0549. The summed E-state index contributed by atoms with van der Waals surface area (Å²) in [5.74, 6) is -0.340. The Balaban J connectivity index is 2.62.